The van der Waals surface area contributed by atoms with E-state index in [4.69, 9.17) is 5.73 Å². The number of anilines is 2. The van der Waals surface area contributed by atoms with E-state index >= 15 is 0 Å². The summed E-state index contributed by atoms with van der Waals surface area (Å²) in [5, 5.41) is 13.3. The van der Waals surface area contributed by atoms with E-state index in [2.05, 4.69) is 15.3 Å². The molecule has 0 aliphatic carbocycles. The maximum absolute atomic E-state index is 11.9. The van der Waals surface area contributed by atoms with Crippen LogP contribution in [0.4, 0.5) is 11.6 Å². The van der Waals surface area contributed by atoms with Crippen LogP contribution in [0, 0.1) is 0 Å². The van der Waals surface area contributed by atoms with E-state index in [0.717, 1.165) is 0 Å². The number of nitrogens with two attached hydrogens (primary N) is 1. The van der Waals surface area contributed by atoms with Crippen LogP contribution in [0.5, 0.6) is 0 Å². The highest BCUT2D eigenvalue weighted by atomic mass is 16.3. The van der Waals surface area contributed by atoms with Crippen LogP contribution < -0.4 is 16.6 Å². The topological polar surface area (TPSA) is 104 Å². The number of nitrogen functional groups attached to an aromatic ring is 1. The molecule has 2 aromatic rings. The highest BCUT2D eigenvalue weighted by molar-refractivity contribution is 5.81. The normalized spacial score (nSPS) is 14.3. The molecule has 0 aliphatic heterocycles. The van der Waals surface area contributed by atoms with E-state index in [1.165, 1.54) is 0 Å². The highest BCUT2D eigenvalue weighted by Crippen LogP contribution is 2.14. The van der Waals surface area contributed by atoms with Gasteiger partial charge in [-0.05, 0) is 31.5 Å². The van der Waals surface area contributed by atoms with Crippen LogP contribution in [0.15, 0.2) is 23.0 Å². The van der Waals surface area contributed by atoms with Crippen LogP contribution in [0.2, 0.25) is 0 Å². The van der Waals surface area contributed by atoms with Gasteiger partial charge in [0.15, 0.2) is 0 Å². The summed E-state index contributed by atoms with van der Waals surface area (Å²) in [6.45, 7) is 3.92. The SMILES string of the molecule is CCC(C)(O)CNc1nc2ccc(N)cc2c(=O)[nH]1. The third-order valence-corrected chi connectivity index (χ3v) is 3.13. The molecule has 0 amide bonds. The molecule has 0 saturated carbocycles. The molecule has 0 fully saturated rings. The number of aromatic amines is 1. The predicted molar refractivity (Wildman–Crippen MR) is 76.2 cm³/mol. The summed E-state index contributed by atoms with van der Waals surface area (Å²) in [4.78, 5) is 18.8. The van der Waals surface area contributed by atoms with Crippen LogP contribution in [0.1, 0.15) is 20.3 Å². The van der Waals surface area contributed by atoms with Gasteiger partial charge in [0.25, 0.3) is 5.56 Å². The van der Waals surface area contributed by atoms with Crippen molar-refractivity contribution in [2.45, 2.75) is 25.9 Å². The van der Waals surface area contributed by atoms with Crippen molar-refractivity contribution >= 4 is 22.5 Å². The highest BCUT2D eigenvalue weighted by Gasteiger charge is 2.17. The van der Waals surface area contributed by atoms with Gasteiger partial charge in [0.1, 0.15) is 0 Å². The maximum Gasteiger partial charge on any atom is 0.260 e. The van der Waals surface area contributed by atoms with Crippen molar-refractivity contribution in [3.63, 3.8) is 0 Å². The van der Waals surface area contributed by atoms with Gasteiger partial charge in [-0.1, -0.05) is 6.92 Å². The molecule has 2 rings (SSSR count). The van der Waals surface area contributed by atoms with Crippen molar-refractivity contribution in [2.24, 2.45) is 0 Å². The van der Waals surface area contributed by atoms with E-state index < -0.39 is 5.60 Å². The standard InChI is InChI=1S/C13H18N4O2/c1-3-13(2,19)7-15-12-16-10-5-4-8(14)6-9(10)11(18)17-12/h4-6,19H,3,7,14H2,1-2H3,(H2,15,16,17,18). The third kappa shape index (κ3) is 3.03. The molecule has 1 unspecified atom stereocenters. The number of hydrogen-bond donors (Lipinski definition) is 4. The smallest absolute Gasteiger partial charge is 0.260 e. The van der Waals surface area contributed by atoms with Gasteiger partial charge in [0.05, 0.1) is 16.5 Å². The Balaban J connectivity index is 2.31. The Morgan fingerprint density at radius 1 is 1.53 bits per heavy atom. The van der Waals surface area contributed by atoms with E-state index in [1.807, 2.05) is 6.92 Å². The fraction of sp³-hybridized carbons (Fsp3) is 0.385. The number of benzene rings is 1. The second-order valence-electron chi connectivity index (χ2n) is 4.90. The molecule has 0 saturated heterocycles. The zero-order chi connectivity index (χ0) is 14.0. The summed E-state index contributed by atoms with van der Waals surface area (Å²) in [5.74, 6) is 0.344. The number of aliphatic hydroxyl groups is 1. The van der Waals surface area contributed by atoms with Crippen LogP contribution in [-0.2, 0) is 0 Å². The molecule has 1 atom stereocenters. The Bertz CT molecular complexity index is 649. The Morgan fingerprint density at radius 2 is 2.26 bits per heavy atom. The van der Waals surface area contributed by atoms with Gasteiger partial charge in [-0.3, -0.25) is 9.78 Å². The van der Waals surface area contributed by atoms with Gasteiger partial charge >= 0.3 is 0 Å². The van der Waals surface area contributed by atoms with Gasteiger partial charge < -0.3 is 16.2 Å². The fourth-order valence-electron chi connectivity index (χ4n) is 1.64. The average Bonchev–Trinajstić information content (AvgIpc) is 2.37. The lowest BCUT2D eigenvalue weighted by Gasteiger charge is -2.21. The predicted octanol–water partition coefficient (Wildman–Crippen LogP) is 1.08. The van der Waals surface area contributed by atoms with Crippen molar-refractivity contribution in [2.75, 3.05) is 17.6 Å². The molecule has 0 spiro atoms. The molecule has 0 aliphatic rings. The Morgan fingerprint density at radius 3 is 2.95 bits per heavy atom. The Labute approximate surface area is 110 Å². The van der Waals surface area contributed by atoms with Crippen LogP contribution in [0.25, 0.3) is 10.9 Å². The number of hydrogen-bond acceptors (Lipinski definition) is 5. The molecule has 1 aromatic heterocycles. The van der Waals surface area contributed by atoms with Crippen LogP contribution in [0.3, 0.4) is 0 Å². The summed E-state index contributed by atoms with van der Waals surface area (Å²) in [5.41, 5.74) is 5.63. The maximum atomic E-state index is 11.9. The number of nitrogens with zero attached hydrogens (tertiary/aromatic N) is 1. The summed E-state index contributed by atoms with van der Waals surface area (Å²) >= 11 is 0. The summed E-state index contributed by atoms with van der Waals surface area (Å²) in [6.07, 6.45) is 0.606. The lowest BCUT2D eigenvalue weighted by molar-refractivity contribution is 0.0695. The molecular formula is C13H18N4O2. The molecule has 6 heteroatoms. The first-order valence-electron chi connectivity index (χ1n) is 6.17. The number of fused-ring (bicyclic) bond motifs is 1. The summed E-state index contributed by atoms with van der Waals surface area (Å²) < 4.78 is 0. The van der Waals surface area contributed by atoms with Gasteiger partial charge in [0, 0.05) is 12.2 Å². The van der Waals surface area contributed by atoms with Gasteiger partial charge in [0.2, 0.25) is 5.95 Å². The molecule has 102 valence electrons. The van der Waals surface area contributed by atoms with E-state index in [1.54, 1.807) is 25.1 Å². The number of rotatable bonds is 4. The third-order valence-electron chi connectivity index (χ3n) is 3.13. The Hall–Kier alpha value is -2.08. The van der Waals surface area contributed by atoms with E-state index in [-0.39, 0.29) is 5.56 Å². The van der Waals surface area contributed by atoms with Crippen molar-refractivity contribution in [3.8, 4) is 0 Å². The molecule has 1 heterocycles. The first kappa shape index (κ1) is 13.4. The monoisotopic (exact) mass is 262 g/mol. The van der Waals surface area contributed by atoms with Gasteiger partial charge in [-0.15, -0.1) is 0 Å². The van der Waals surface area contributed by atoms with Gasteiger partial charge in [-0.25, -0.2) is 4.98 Å². The van der Waals surface area contributed by atoms with Gasteiger partial charge in [-0.2, -0.15) is 0 Å². The molecule has 19 heavy (non-hydrogen) atoms. The van der Waals surface area contributed by atoms with E-state index in [0.29, 0.717) is 35.5 Å². The zero-order valence-corrected chi connectivity index (χ0v) is 11.0. The first-order chi connectivity index (χ1) is 8.91. The minimum absolute atomic E-state index is 0.254. The van der Waals surface area contributed by atoms with Crippen LogP contribution in [-0.4, -0.2) is 27.2 Å². The minimum Gasteiger partial charge on any atom is -0.399 e. The number of H-pyrrole nitrogens is 1. The molecule has 0 radical (unpaired) electrons. The summed E-state index contributed by atoms with van der Waals surface area (Å²) in [7, 11) is 0. The second kappa shape index (κ2) is 4.89. The Kier molecular flexibility index (Phi) is 3.44. The largest absolute Gasteiger partial charge is 0.399 e. The second-order valence-corrected chi connectivity index (χ2v) is 4.90. The first-order valence-corrected chi connectivity index (χ1v) is 6.17. The molecule has 0 bridgehead atoms. The van der Waals surface area contributed by atoms with Crippen molar-refractivity contribution in [1.29, 1.82) is 0 Å². The molecule has 5 N–H and O–H groups in total. The lowest BCUT2D eigenvalue weighted by Crippen LogP contribution is -2.33. The minimum atomic E-state index is -0.839. The van der Waals surface area contributed by atoms with Crippen molar-refractivity contribution < 1.29 is 5.11 Å². The number of aromatic nitrogens is 2. The molecular weight excluding hydrogens is 244 g/mol. The quantitative estimate of drug-likeness (QED) is 0.617. The fourth-order valence-corrected chi connectivity index (χ4v) is 1.64. The number of nitrogens with one attached hydrogen (secondary N) is 2. The van der Waals surface area contributed by atoms with E-state index in [9.17, 15) is 9.90 Å². The zero-order valence-electron chi connectivity index (χ0n) is 11.0. The van der Waals surface area contributed by atoms with Crippen LogP contribution >= 0.6 is 0 Å². The molecule has 6 nitrogen and oxygen atoms in total. The average molecular weight is 262 g/mol. The van der Waals surface area contributed by atoms with Crippen molar-refractivity contribution in [1.82, 2.24) is 9.97 Å². The van der Waals surface area contributed by atoms with Crippen molar-refractivity contribution in [3.05, 3.63) is 28.6 Å². The molecule has 1 aromatic carbocycles. The lowest BCUT2D eigenvalue weighted by atomic mass is 10.0. The summed E-state index contributed by atoms with van der Waals surface area (Å²) in [6, 6.07) is 4.98.